The summed E-state index contributed by atoms with van der Waals surface area (Å²) in [4.78, 5) is 0. The van der Waals surface area contributed by atoms with Crippen LogP contribution in [0.15, 0.2) is 30.3 Å². The zero-order valence-electron chi connectivity index (χ0n) is 12.5. The van der Waals surface area contributed by atoms with Crippen molar-refractivity contribution >= 4 is 20.2 Å². The maximum absolute atomic E-state index is 11.2. The number of ether oxygens (including phenoxy) is 1. The molecule has 0 aliphatic heterocycles. The molecule has 22 heavy (non-hydrogen) atoms. The van der Waals surface area contributed by atoms with E-state index in [9.17, 15) is 16.8 Å². The Morgan fingerprint density at radius 1 is 1.00 bits per heavy atom. The van der Waals surface area contributed by atoms with Crippen molar-refractivity contribution in [2.24, 2.45) is 0 Å². The zero-order valence-corrected chi connectivity index (χ0v) is 14.1. The van der Waals surface area contributed by atoms with E-state index in [1.165, 1.54) is 0 Å². The Balaban J connectivity index is 2.43. The Morgan fingerprint density at radius 2 is 1.64 bits per heavy atom. The highest BCUT2D eigenvalue weighted by atomic mass is 32.2. The quantitative estimate of drug-likeness (QED) is 0.456. The molecule has 9 heteroatoms. The predicted octanol–water partition coefficient (Wildman–Crippen LogP) is 0.914. The third-order valence-electron chi connectivity index (χ3n) is 2.47. The van der Waals surface area contributed by atoms with Gasteiger partial charge >= 0.3 is 0 Å². The Labute approximate surface area is 131 Å². The largest absolute Gasteiger partial charge is 0.377 e. The van der Waals surface area contributed by atoms with Crippen LogP contribution in [-0.2, 0) is 39.9 Å². The fourth-order valence-electron chi connectivity index (χ4n) is 1.58. The smallest absolute Gasteiger partial charge is 0.264 e. The second kappa shape index (κ2) is 8.59. The van der Waals surface area contributed by atoms with E-state index in [4.69, 9.17) is 8.92 Å². The Bertz CT molecular complexity index is 638. The molecular weight excluding hydrogens is 332 g/mol. The van der Waals surface area contributed by atoms with Gasteiger partial charge in [-0.15, -0.1) is 0 Å². The van der Waals surface area contributed by atoms with Gasteiger partial charge in [0.15, 0.2) is 0 Å². The van der Waals surface area contributed by atoms with Crippen molar-refractivity contribution in [2.75, 3.05) is 25.7 Å². The summed E-state index contributed by atoms with van der Waals surface area (Å²) >= 11 is 0. The van der Waals surface area contributed by atoms with Gasteiger partial charge in [-0.3, -0.25) is 8.37 Å². The summed E-state index contributed by atoms with van der Waals surface area (Å²) in [6.45, 7) is 0.210. The molecule has 0 aromatic heterocycles. The van der Waals surface area contributed by atoms with E-state index in [-0.39, 0.29) is 19.6 Å². The first-order chi connectivity index (χ1) is 10.2. The first-order valence-electron chi connectivity index (χ1n) is 6.50. The summed E-state index contributed by atoms with van der Waals surface area (Å²) in [5, 5.41) is 0. The van der Waals surface area contributed by atoms with E-state index in [1.807, 2.05) is 30.3 Å². The van der Waals surface area contributed by atoms with Crippen LogP contribution >= 0.6 is 0 Å². The molecule has 0 heterocycles. The van der Waals surface area contributed by atoms with Crippen molar-refractivity contribution in [3.8, 4) is 0 Å². The maximum Gasteiger partial charge on any atom is 0.264 e. The molecule has 7 nitrogen and oxygen atoms in total. The fraction of sp³-hybridized carbons (Fsp3) is 0.538. The monoisotopic (exact) mass is 352 g/mol. The first kappa shape index (κ1) is 19.0. The van der Waals surface area contributed by atoms with Gasteiger partial charge in [-0.2, -0.15) is 16.8 Å². The average Bonchev–Trinajstić information content (AvgIpc) is 2.39. The molecule has 0 aliphatic carbocycles. The zero-order chi connectivity index (χ0) is 16.6. The van der Waals surface area contributed by atoms with Crippen LogP contribution in [-0.4, -0.2) is 48.7 Å². The Kier molecular flexibility index (Phi) is 7.43. The number of hydrogen-bond donors (Lipinski definition) is 0. The number of rotatable bonds is 10. The van der Waals surface area contributed by atoms with Gasteiger partial charge in [0.2, 0.25) is 0 Å². The minimum Gasteiger partial charge on any atom is -0.377 e. The van der Waals surface area contributed by atoms with E-state index < -0.39 is 26.3 Å². The van der Waals surface area contributed by atoms with E-state index >= 15 is 0 Å². The summed E-state index contributed by atoms with van der Waals surface area (Å²) in [5.41, 5.74) is 0.982. The van der Waals surface area contributed by atoms with E-state index in [0.29, 0.717) is 6.61 Å². The summed E-state index contributed by atoms with van der Waals surface area (Å²) < 4.78 is 59.0. The third-order valence-corrected chi connectivity index (χ3v) is 3.66. The third kappa shape index (κ3) is 9.85. The van der Waals surface area contributed by atoms with Crippen molar-refractivity contribution in [1.29, 1.82) is 0 Å². The van der Waals surface area contributed by atoms with Crippen LogP contribution in [0, 0.1) is 0 Å². The fourth-order valence-corrected chi connectivity index (χ4v) is 2.63. The first-order valence-corrected chi connectivity index (χ1v) is 10.1. The highest BCUT2D eigenvalue weighted by molar-refractivity contribution is 7.86. The van der Waals surface area contributed by atoms with Crippen molar-refractivity contribution in [2.45, 2.75) is 19.1 Å². The lowest BCUT2D eigenvalue weighted by molar-refractivity contribution is 0.0665. The highest BCUT2D eigenvalue weighted by Crippen LogP contribution is 2.07. The number of benzene rings is 1. The average molecular weight is 352 g/mol. The van der Waals surface area contributed by atoms with Gasteiger partial charge in [-0.05, 0) is 5.56 Å². The highest BCUT2D eigenvalue weighted by Gasteiger charge is 2.18. The normalized spacial score (nSPS) is 13.9. The molecule has 0 bridgehead atoms. The van der Waals surface area contributed by atoms with Gasteiger partial charge in [0, 0.05) is 13.0 Å². The van der Waals surface area contributed by atoms with Crippen molar-refractivity contribution < 1.29 is 29.9 Å². The van der Waals surface area contributed by atoms with Gasteiger partial charge in [-0.1, -0.05) is 30.3 Å². The van der Waals surface area contributed by atoms with Crippen LogP contribution in [0.4, 0.5) is 0 Å². The molecule has 0 N–H and O–H groups in total. The molecule has 0 fully saturated rings. The molecule has 126 valence electrons. The standard InChI is InChI=1S/C13H20O7S2/c1-21(14,15)19-11-13(20-22(2,16)17)8-9-18-10-12-6-4-3-5-7-12/h3-7,13H,8-11H2,1-2H3/t13-/m0/s1. The van der Waals surface area contributed by atoms with Crippen molar-refractivity contribution in [1.82, 2.24) is 0 Å². The lowest BCUT2D eigenvalue weighted by Crippen LogP contribution is -2.26. The topological polar surface area (TPSA) is 96.0 Å². The molecule has 1 aromatic rings. The van der Waals surface area contributed by atoms with Gasteiger partial charge in [0.1, 0.15) is 6.10 Å². The molecule has 1 atom stereocenters. The minimum atomic E-state index is -3.71. The molecule has 0 saturated heterocycles. The van der Waals surface area contributed by atoms with Crippen LogP contribution < -0.4 is 0 Å². The maximum atomic E-state index is 11.2. The van der Waals surface area contributed by atoms with Crippen molar-refractivity contribution in [3.63, 3.8) is 0 Å². The van der Waals surface area contributed by atoms with E-state index in [2.05, 4.69) is 4.18 Å². The second-order valence-corrected chi connectivity index (χ2v) is 7.98. The molecule has 0 aliphatic rings. The van der Waals surface area contributed by atoms with Gasteiger partial charge in [-0.25, -0.2) is 0 Å². The number of hydrogen-bond acceptors (Lipinski definition) is 7. The summed E-state index contributed by atoms with van der Waals surface area (Å²) in [5.74, 6) is 0. The van der Waals surface area contributed by atoms with E-state index in [1.54, 1.807) is 0 Å². The van der Waals surface area contributed by atoms with Crippen LogP contribution in [0.1, 0.15) is 12.0 Å². The summed E-state index contributed by atoms with van der Waals surface area (Å²) in [7, 11) is -7.37. The molecular formula is C13H20O7S2. The van der Waals surface area contributed by atoms with Crippen molar-refractivity contribution in [3.05, 3.63) is 35.9 Å². The van der Waals surface area contributed by atoms with Crippen LogP contribution in [0.25, 0.3) is 0 Å². The molecule has 1 aromatic carbocycles. The van der Waals surface area contributed by atoms with Gasteiger partial charge in [0.05, 0.1) is 25.7 Å². The van der Waals surface area contributed by atoms with Crippen LogP contribution in [0.3, 0.4) is 0 Å². The van der Waals surface area contributed by atoms with E-state index in [0.717, 1.165) is 18.1 Å². The predicted molar refractivity (Wildman–Crippen MR) is 81.2 cm³/mol. The Hall–Kier alpha value is -1.00. The van der Waals surface area contributed by atoms with Crippen LogP contribution in [0.2, 0.25) is 0 Å². The second-order valence-electron chi connectivity index (χ2n) is 4.74. The molecule has 0 amide bonds. The molecule has 1 rings (SSSR count). The SMILES string of the molecule is CS(=O)(=O)OC[C@H](CCOCc1ccccc1)OS(C)(=O)=O. The lowest BCUT2D eigenvalue weighted by Gasteiger charge is -2.15. The Morgan fingerprint density at radius 3 is 2.18 bits per heavy atom. The van der Waals surface area contributed by atoms with Gasteiger partial charge in [0.25, 0.3) is 20.2 Å². The molecule has 0 spiro atoms. The molecule has 0 unspecified atom stereocenters. The lowest BCUT2D eigenvalue weighted by atomic mass is 10.2. The summed E-state index contributed by atoms with van der Waals surface area (Å²) in [6, 6.07) is 9.46. The minimum absolute atomic E-state index is 0.190. The molecule has 0 radical (unpaired) electrons. The van der Waals surface area contributed by atoms with Crippen LogP contribution in [0.5, 0.6) is 0 Å². The molecule has 0 saturated carbocycles. The summed E-state index contributed by atoms with van der Waals surface area (Å²) in [6.07, 6.45) is 1.05. The van der Waals surface area contributed by atoms with Gasteiger partial charge < -0.3 is 4.74 Å².